The lowest BCUT2D eigenvalue weighted by Gasteiger charge is -2.16. The largest absolute Gasteiger partial charge is 0.293 e. The van der Waals surface area contributed by atoms with Gasteiger partial charge in [-0.1, -0.05) is 38.4 Å². The Morgan fingerprint density at radius 2 is 1.95 bits per heavy atom. The lowest BCUT2D eigenvalue weighted by Crippen LogP contribution is -2.14. The van der Waals surface area contributed by atoms with E-state index in [1.165, 1.54) is 4.68 Å². The van der Waals surface area contributed by atoms with Gasteiger partial charge in [0.2, 0.25) is 0 Å². The molecule has 0 fully saturated rings. The van der Waals surface area contributed by atoms with Crippen LogP contribution in [-0.4, -0.2) is 9.78 Å². The lowest BCUT2D eigenvalue weighted by molar-refractivity contribution is 0.557. The molecule has 1 aromatic heterocycles. The van der Waals surface area contributed by atoms with Crippen LogP contribution in [0, 0.1) is 6.92 Å². The summed E-state index contributed by atoms with van der Waals surface area (Å²) >= 11 is 9.48. The van der Waals surface area contributed by atoms with Crippen LogP contribution >= 0.6 is 27.5 Å². The number of aromatic amines is 1. The lowest BCUT2D eigenvalue weighted by atomic mass is 9.93. The van der Waals surface area contributed by atoms with Crippen molar-refractivity contribution in [3.8, 4) is 5.69 Å². The predicted molar refractivity (Wildman–Crippen MR) is 82.5 cm³/mol. The van der Waals surface area contributed by atoms with Crippen LogP contribution in [-0.2, 0) is 5.41 Å². The summed E-state index contributed by atoms with van der Waals surface area (Å²) in [7, 11) is 0. The quantitative estimate of drug-likeness (QED) is 0.828. The molecule has 5 heteroatoms. The van der Waals surface area contributed by atoms with Gasteiger partial charge in [-0.05, 0) is 40.5 Å². The molecule has 0 radical (unpaired) electrons. The second-order valence-corrected chi connectivity index (χ2v) is 6.83. The smallest absolute Gasteiger partial charge is 0.285 e. The van der Waals surface area contributed by atoms with Crippen molar-refractivity contribution < 1.29 is 0 Å². The molecule has 3 nitrogen and oxygen atoms in total. The van der Waals surface area contributed by atoms with Crippen LogP contribution in [0.1, 0.15) is 32.0 Å². The van der Waals surface area contributed by atoms with Gasteiger partial charge in [0.05, 0.1) is 11.4 Å². The van der Waals surface area contributed by atoms with E-state index in [1.807, 2.05) is 19.1 Å². The van der Waals surface area contributed by atoms with E-state index in [9.17, 15) is 4.79 Å². The number of aromatic nitrogens is 2. The van der Waals surface area contributed by atoms with E-state index in [-0.39, 0.29) is 11.0 Å². The number of hydrogen-bond donors (Lipinski definition) is 1. The van der Waals surface area contributed by atoms with E-state index in [2.05, 4.69) is 41.8 Å². The molecule has 0 aliphatic rings. The average molecular weight is 344 g/mol. The summed E-state index contributed by atoms with van der Waals surface area (Å²) in [5.74, 6) is 0. The first-order valence-electron chi connectivity index (χ1n) is 5.99. The van der Waals surface area contributed by atoms with E-state index in [0.717, 1.165) is 16.9 Å². The van der Waals surface area contributed by atoms with E-state index < -0.39 is 0 Å². The molecule has 0 saturated heterocycles. The van der Waals surface area contributed by atoms with Gasteiger partial charge >= 0.3 is 0 Å². The Morgan fingerprint density at radius 3 is 2.42 bits per heavy atom. The molecule has 0 bridgehead atoms. The Labute approximate surface area is 125 Å². The topological polar surface area (TPSA) is 37.8 Å². The molecule has 1 heterocycles. The zero-order valence-corrected chi connectivity index (χ0v) is 13.7. The Balaban J connectivity index is 2.64. The molecule has 102 valence electrons. The summed E-state index contributed by atoms with van der Waals surface area (Å²) in [5, 5.41) is 3.80. The Bertz CT molecular complexity index is 680. The number of hydrogen-bond acceptors (Lipinski definition) is 1. The molecule has 0 atom stereocenters. The summed E-state index contributed by atoms with van der Waals surface area (Å²) in [4.78, 5) is 12.3. The third-order valence-corrected chi connectivity index (χ3v) is 4.14. The SMILES string of the molecule is Cc1ccc(-n2[nH]c(C(C)(C)C)c(Br)c2=O)cc1Cl. The first-order valence-corrected chi connectivity index (χ1v) is 7.16. The van der Waals surface area contributed by atoms with Crippen LogP contribution in [0.4, 0.5) is 0 Å². The summed E-state index contributed by atoms with van der Waals surface area (Å²) < 4.78 is 2.08. The van der Waals surface area contributed by atoms with Crippen LogP contribution in [0.2, 0.25) is 5.02 Å². The fraction of sp³-hybridized carbons (Fsp3) is 0.357. The molecule has 0 amide bonds. The molecule has 1 aromatic carbocycles. The van der Waals surface area contributed by atoms with Gasteiger partial charge in [-0.25, -0.2) is 4.68 Å². The van der Waals surface area contributed by atoms with Crippen molar-refractivity contribution in [3.63, 3.8) is 0 Å². The van der Waals surface area contributed by atoms with E-state index >= 15 is 0 Å². The third kappa shape index (κ3) is 2.65. The van der Waals surface area contributed by atoms with Crippen LogP contribution in [0.5, 0.6) is 0 Å². The molecule has 1 N–H and O–H groups in total. The maximum absolute atomic E-state index is 12.3. The summed E-state index contributed by atoms with van der Waals surface area (Å²) in [6.45, 7) is 8.08. The first kappa shape index (κ1) is 14.4. The zero-order valence-electron chi connectivity index (χ0n) is 11.3. The predicted octanol–water partition coefficient (Wildman–Crippen LogP) is 4.19. The van der Waals surface area contributed by atoms with E-state index in [0.29, 0.717) is 9.50 Å². The Morgan fingerprint density at radius 1 is 1.32 bits per heavy atom. The fourth-order valence-corrected chi connectivity index (χ4v) is 2.85. The molecular formula is C14H16BrClN2O. The Hall–Kier alpha value is -1.000. The molecule has 0 unspecified atom stereocenters. The minimum absolute atomic E-state index is 0.107. The number of halogens is 2. The van der Waals surface area contributed by atoms with Crippen molar-refractivity contribution in [1.29, 1.82) is 0 Å². The molecule has 0 spiro atoms. The van der Waals surface area contributed by atoms with Crippen molar-refractivity contribution in [3.05, 3.63) is 49.3 Å². The highest BCUT2D eigenvalue weighted by Gasteiger charge is 2.23. The van der Waals surface area contributed by atoms with Crippen molar-refractivity contribution in [1.82, 2.24) is 9.78 Å². The van der Waals surface area contributed by atoms with Gasteiger partial charge in [0, 0.05) is 10.4 Å². The Kier molecular flexibility index (Phi) is 3.67. The van der Waals surface area contributed by atoms with Gasteiger partial charge in [0.25, 0.3) is 5.56 Å². The highest BCUT2D eigenvalue weighted by Crippen LogP contribution is 2.27. The number of H-pyrrole nitrogens is 1. The number of rotatable bonds is 1. The molecule has 0 aliphatic heterocycles. The third-order valence-electron chi connectivity index (χ3n) is 3.00. The molecule has 2 rings (SSSR count). The molecular weight excluding hydrogens is 328 g/mol. The normalized spacial score (nSPS) is 11.9. The molecule has 0 aliphatic carbocycles. The zero-order chi connectivity index (χ0) is 14.4. The number of aryl methyl sites for hydroxylation is 1. The molecule has 2 aromatic rings. The maximum Gasteiger partial charge on any atom is 0.285 e. The minimum atomic E-state index is -0.141. The van der Waals surface area contributed by atoms with Crippen LogP contribution in [0.3, 0.4) is 0 Å². The second-order valence-electron chi connectivity index (χ2n) is 5.62. The maximum atomic E-state index is 12.3. The van der Waals surface area contributed by atoms with Crippen LogP contribution in [0.25, 0.3) is 5.69 Å². The summed E-state index contributed by atoms with van der Waals surface area (Å²) in [6.07, 6.45) is 0. The van der Waals surface area contributed by atoms with Gasteiger partial charge in [-0.2, -0.15) is 0 Å². The highest BCUT2D eigenvalue weighted by atomic mass is 79.9. The average Bonchev–Trinajstić information content (AvgIpc) is 2.60. The van der Waals surface area contributed by atoms with Crippen LogP contribution in [0.15, 0.2) is 27.5 Å². The van der Waals surface area contributed by atoms with E-state index in [4.69, 9.17) is 11.6 Å². The van der Waals surface area contributed by atoms with Gasteiger partial charge in [0.1, 0.15) is 4.47 Å². The van der Waals surface area contributed by atoms with Gasteiger partial charge in [-0.15, -0.1) is 0 Å². The molecule has 0 saturated carbocycles. The highest BCUT2D eigenvalue weighted by molar-refractivity contribution is 9.10. The van der Waals surface area contributed by atoms with Gasteiger partial charge in [0.15, 0.2) is 0 Å². The summed E-state index contributed by atoms with van der Waals surface area (Å²) in [6, 6.07) is 5.56. The van der Waals surface area contributed by atoms with Crippen molar-refractivity contribution in [2.24, 2.45) is 0 Å². The standard InChI is InChI=1S/C14H16BrClN2O/c1-8-5-6-9(7-10(8)16)18-13(19)11(15)12(17-18)14(2,3)4/h5-7,17H,1-4H3. The number of benzene rings is 1. The van der Waals surface area contributed by atoms with Gasteiger partial charge < -0.3 is 0 Å². The minimum Gasteiger partial charge on any atom is -0.293 e. The van der Waals surface area contributed by atoms with E-state index in [1.54, 1.807) is 6.07 Å². The summed E-state index contributed by atoms with van der Waals surface area (Å²) in [5.41, 5.74) is 2.34. The number of nitrogens with one attached hydrogen (secondary N) is 1. The fourth-order valence-electron chi connectivity index (χ4n) is 1.82. The van der Waals surface area contributed by atoms with Crippen molar-refractivity contribution in [2.75, 3.05) is 0 Å². The van der Waals surface area contributed by atoms with Gasteiger partial charge in [-0.3, -0.25) is 9.89 Å². The molecule has 19 heavy (non-hydrogen) atoms. The monoisotopic (exact) mass is 342 g/mol. The number of nitrogens with zero attached hydrogens (tertiary/aromatic N) is 1. The van der Waals surface area contributed by atoms with Crippen LogP contribution < -0.4 is 5.56 Å². The van der Waals surface area contributed by atoms with Crippen molar-refractivity contribution >= 4 is 27.5 Å². The second kappa shape index (κ2) is 4.84. The first-order chi connectivity index (χ1) is 8.71. The van der Waals surface area contributed by atoms with Crippen molar-refractivity contribution in [2.45, 2.75) is 33.1 Å².